The molecule has 9 rings (SSSR count). The fourth-order valence-corrected chi connectivity index (χ4v) is 7.82. The maximum absolute atomic E-state index is 2.47. The second kappa shape index (κ2) is 9.94. The highest BCUT2D eigenvalue weighted by Crippen LogP contribution is 2.56. The Morgan fingerprint density at radius 3 is 1.84 bits per heavy atom. The summed E-state index contributed by atoms with van der Waals surface area (Å²) in [6.07, 6.45) is 0. The quantitative estimate of drug-likeness (QED) is 0.197. The van der Waals surface area contributed by atoms with Crippen molar-refractivity contribution in [3.8, 4) is 27.9 Å². The molecule has 0 saturated heterocycles. The zero-order chi connectivity index (χ0) is 30.0. The lowest BCUT2D eigenvalue weighted by Crippen LogP contribution is -2.28. The minimum atomic E-state index is -0.435. The maximum atomic E-state index is 2.47. The number of fused-ring (bicyclic) bond motifs is 6. The molecule has 0 fully saturated rings. The van der Waals surface area contributed by atoms with Crippen molar-refractivity contribution in [3.63, 3.8) is 0 Å². The molecule has 1 heteroatoms. The highest BCUT2D eigenvalue weighted by atomic mass is 15.0. The average molecular weight is 574 g/mol. The fourth-order valence-electron chi connectivity index (χ4n) is 7.82. The molecule has 1 aliphatic carbocycles. The van der Waals surface area contributed by atoms with Crippen LogP contribution in [0.25, 0.3) is 49.7 Å². The fraction of sp³-hybridized carbons (Fsp3) is 0.0455. The predicted molar refractivity (Wildman–Crippen MR) is 188 cm³/mol. The Labute approximate surface area is 263 Å². The van der Waals surface area contributed by atoms with Gasteiger partial charge in [-0.1, -0.05) is 151 Å². The summed E-state index contributed by atoms with van der Waals surface area (Å²) in [5.41, 5.74) is 14.7. The van der Waals surface area contributed by atoms with Crippen LogP contribution in [0.3, 0.4) is 0 Å². The SMILES string of the molecule is Cc1cccc(-c2ccc3c4ccccc4n(-c4ccc5c(c4)C(c4ccccc4)(c4ccccc4)c4ccccc4-5)c3c2)c1. The van der Waals surface area contributed by atoms with Crippen molar-refractivity contribution in [1.82, 2.24) is 4.57 Å². The zero-order valence-electron chi connectivity index (χ0n) is 25.1. The number of hydrogen-bond donors (Lipinski definition) is 0. The first-order chi connectivity index (χ1) is 22.2. The molecule has 0 saturated carbocycles. The lowest BCUT2D eigenvalue weighted by atomic mass is 9.67. The van der Waals surface area contributed by atoms with Crippen LogP contribution in [0.5, 0.6) is 0 Å². The van der Waals surface area contributed by atoms with Crippen LogP contribution < -0.4 is 0 Å². The number of aromatic nitrogens is 1. The average Bonchev–Trinajstić information content (AvgIpc) is 3.59. The van der Waals surface area contributed by atoms with Crippen LogP contribution in [0.2, 0.25) is 0 Å². The van der Waals surface area contributed by atoms with Crippen LogP contribution in [0.15, 0.2) is 170 Å². The third-order valence-corrected chi connectivity index (χ3v) is 9.73. The number of hydrogen-bond acceptors (Lipinski definition) is 0. The number of aryl methyl sites for hydroxylation is 1. The van der Waals surface area contributed by atoms with E-state index in [1.54, 1.807) is 0 Å². The lowest BCUT2D eigenvalue weighted by Gasteiger charge is -2.34. The molecule has 1 aliphatic rings. The predicted octanol–water partition coefficient (Wildman–Crippen LogP) is 11.1. The van der Waals surface area contributed by atoms with E-state index in [2.05, 4.69) is 181 Å². The molecule has 0 N–H and O–H groups in total. The van der Waals surface area contributed by atoms with Gasteiger partial charge >= 0.3 is 0 Å². The Kier molecular flexibility index (Phi) is 5.70. The van der Waals surface area contributed by atoms with Gasteiger partial charge in [0.05, 0.1) is 16.4 Å². The Hall–Kier alpha value is -5.66. The van der Waals surface area contributed by atoms with Crippen LogP contribution in [0, 0.1) is 6.92 Å². The third kappa shape index (κ3) is 3.74. The molecule has 7 aromatic carbocycles. The first-order valence-electron chi connectivity index (χ1n) is 15.7. The molecule has 0 atom stereocenters. The van der Waals surface area contributed by atoms with Crippen molar-refractivity contribution >= 4 is 21.8 Å². The summed E-state index contributed by atoms with van der Waals surface area (Å²) in [6.45, 7) is 2.16. The molecule has 212 valence electrons. The van der Waals surface area contributed by atoms with E-state index in [9.17, 15) is 0 Å². The van der Waals surface area contributed by atoms with E-state index in [1.165, 1.54) is 77.6 Å². The number of para-hydroxylation sites is 1. The van der Waals surface area contributed by atoms with Crippen LogP contribution in [0.1, 0.15) is 27.8 Å². The van der Waals surface area contributed by atoms with E-state index < -0.39 is 5.41 Å². The van der Waals surface area contributed by atoms with E-state index in [0.717, 1.165) is 0 Å². The highest BCUT2D eigenvalue weighted by Gasteiger charge is 2.46. The van der Waals surface area contributed by atoms with Gasteiger partial charge in [-0.2, -0.15) is 0 Å². The Balaban J connectivity index is 1.37. The van der Waals surface area contributed by atoms with Gasteiger partial charge in [0.2, 0.25) is 0 Å². The normalized spacial score (nSPS) is 13.2. The molecule has 1 heterocycles. The molecule has 45 heavy (non-hydrogen) atoms. The van der Waals surface area contributed by atoms with Gasteiger partial charge < -0.3 is 4.57 Å². The molecule has 0 spiro atoms. The topological polar surface area (TPSA) is 4.93 Å². The van der Waals surface area contributed by atoms with Gasteiger partial charge in [-0.25, -0.2) is 0 Å². The van der Waals surface area contributed by atoms with Gasteiger partial charge in [0.15, 0.2) is 0 Å². The van der Waals surface area contributed by atoms with Crippen molar-refractivity contribution in [2.45, 2.75) is 12.3 Å². The van der Waals surface area contributed by atoms with Crippen molar-refractivity contribution in [3.05, 3.63) is 198 Å². The number of nitrogens with zero attached hydrogens (tertiary/aromatic N) is 1. The minimum Gasteiger partial charge on any atom is -0.309 e. The first-order valence-corrected chi connectivity index (χ1v) is 15.7. The maximum Gasteiger partial charge on any atom is 0.0714 e. The van der Waals surface area contributed by atoms with Gasteiger partial charge in [0.1, 0.15) is 0 Å². The van der Waals surface area contributed by atoms with Crippen molar-refractivity contribution < 1.29 is 0 Å². The zero-order valence-corrected chi connectivity index (χ0v) is 25.1. The molecule has 0 amide bonds. The van der Waals surface area contributed by atoms with E-state index in [0.29, 0.717) is 0 Å². The molecular weight excluding hydrogens is 542 g/mol. The van der Waals surface area contributed by atoms with E-state index in [1.807, 2.05) is 0 Å². The van der Waals surface area contributed by atoms with Gasteiger partial charge in [-0.05, 0) is 75.7 Å². The van der Waals surface area contributed by atoms with Gasteiger partial charge in [0, 0.05) is 16.5 Å². The molecule has 1 aromatic heterocycles. The van der Waals surface area contributed by atoms with Crippen molar-refractivity contribution in [2.75, 3.05) is 0 Å². The Morgan fingerprint density at radius 2 is 1.07 bits per heavy atom. The third-order valence-electron chi connectivity index (χ3n) is 9.73. The molecule has 0 bridgehead atoms. The standard InChI is InChI=1S/C44H31N/c1-30-13-12-14-31(27-30)32-23-25-39-38-20-9-11-22-42(38)45(43(39)28-32)35-24-26-37-36-19-8-10-21-40(36)44(41(37)29-35,33-15-4-2-5-16-33)34-17-6-3-7-18-34/h2-29H,1H3. The van der Waals surface area contributed by atoms with Crippen LogP contribution >= 0.6 is 0 Å². The summed E-state index contributed by atoms with van der Waals surface area (Å²) in [7, 11) is 0. The molecular formula is C44H31N. The highest BCUT2D eigenvalue weighted by molar-refractivity contribution is 6.10. The lowest BCUT2D eigenvalue weighted by molar-refractivity contribution is 0.767. The second-order valence-corrected chi connectivity index (χ2v) is 12.2. The summed E-state index contributed by atoms with van der Waals surface area (Å²) >= 11 is 0. The summed E-state index contributed by atoms with van der Waals surface area (Å²) in [6, 6.07) is 62.7. The minimum absolute atomic E-state index is 0.435. The van der Waals surface area contributed by atoms with Crippen molar-refractivity contribution in [1.29, 1.82) is 0 Å². The van der Waals surface area contributed by atoms with Gasteiger partial charge in [0.25, 0.3) is 0 Å². The molecule has 1 nitrogen and oxygen atoms in total. The molecule has 8 aromatic rings. The largest absolute Gasteiger partial charge is 0.309 e. The summed E-state index contributed by atoms with van der Waals surface area (Å²) in [5.74, 6) is 0. The monoisotopic (exact) mass is 573 g/mol. The molecule has 0 unspecified atom stereocenters. The van der Waals surface area contributed by atoms with Crippen molar-refractivity contribution in [2.24, 2.45) is 0 Å². The summed E-state index contributed by atoms with van der Waals surface area (Å²) in [5, 5.41) is 2.53. The van der Waals surface area contributed by atoms with E-state index in [4.69, 9.17) is 0 Å². The van der Waals surface area contributed by atoms with Crippen LogP contribution in [-0.4, -0.2) is 4.57 Å². The molecule has 0 radical (unpaired) electrons. The smallest absolute Gasteiger partial charge is 0.0714 e. The number of rotatable bonds is 4. The summed E-state index contributed by atoms with van der Waals surface area (Å²) in [4.78, 5) is 0. The van der Waals surface area contributed by atoms with Crippen LogP contribution in [-0.2, 0) is 5.41 Å². The Morgan fingerprint density at radius 1 is 0.422 bits per heavy atom. The summed E-state index contributed by atoms with van der Waals surface area (Å²) < 4.78 is 2.47. The number of benzene rings is 7. The van der Waals surface area contributed by atoms with Gasteiger partial charge in [-0.3, -0.25) is 0 Å². The Bertz CT molecular complexity index is 2340. The first kappa shape index (κ1) is 25.8. The van der Waals surface area contributed by atoms with Gasteiger partial charge in [-0.15, -0.1) is 0 Å². The second-order valence-electron chi connectivity index (χ2n) is 12.2. The van der Waals surface area contributed by atoms with E-state index >= 15 is 0 Å². The molecule has 0 aliphatic heterocycles. The van der Waals surface area contributed by atoms with E-state index in [-0.39, 0.29) is 0 Å². The van der Waals surface area contributed by atoms with Crippen LogP contribution in [0.4, 0.5) is 0 Å².